The summed E-state index contributed by atoms with van der Waals surface area (Å²) in [5.41, 5.74) is 0.869. The summed E-state index contributed by atoms with van der Waals surface area (Å²) in [4.78, 5) is 19.4. The zero-order valence-corrected chi connectivity index (χ0v) is 21.8. The minimum absolute atomic E-state index is 0.00527. The van der Waals surface area contributed by atoms with Crippen molar-refractivity contribution in [2.75, 3.05) is 18.0 Å². The second-order valence-corrected chi connectivity index (χ2v) is 11.6. The van der Waals surface area contributed by atoms with Gasteiger partial charge in [0, 0.05) is 18.5 Å². The van der Waals surface area contributed by atoms with E-state index in [0.29, 0.717) is 11.4 Å². The predicted molar refractivity (Wildman–Crippen MR) is 148 cm³/mol. The van der Waals surface area contributed by atoms with Crippen LogP contribution in [0, 0.1) is 23.1 Å². The highest BCUT2D eigenvalue weighted by atomic mass is 32.2. The molecular weight excluding hydrogens is 531 g/mol. The number of carbonyl (C=O) groups is 1. The van der Waals surface area contributed by atoms with Crippen molar-refractivity contribution in [1.29, 1.82) is 5.26 Å². The molecule has 7 rings (SSSR count). The summed E-state index contributed by atoms with van der Waals surface area (Å²) in [6.07, 6.45) is -0.369. The lowest BCUT2D eigenvalue weighted by Gasteiger charge is -2.47. The van der Waals surface area contributed by atoms with Crippen LogP contribution in [0.2, 0.25) is 0 Å². The first kappa shape index (κ1) is 24.6. The number of benzene rings is 4. The third-order valence-electron chi connectivity index (χ3n) is 7.68. The van der Waals surface area contributed by atoms with Crippen molar-refractivity contribution >= 4 is 54.2 Å². The first-order chi connectivity index (χ1) is 19.4. The van der Waals surface area contributed by atoms with Crippen molar-refractivity contribution in [3.63, 3.8) is 0 Å². The quantitative estimate of drug-likeness (QED) is 0.228. The maximum absolute atomic E-state index is 13.8. The molecule has 0 saturated carbocycles. The van der Waals surface area contributed by atoms with Crippen molar-refractivity contribution < 1.29 is 21.8 Å². The molecule has 8 nitrogen and oxygen atoms in total. The molecule has 0 N–H and O–H groups in total. The van der Waals surface area contributed by atoms with Crippen LogP contribution in [0.3, 0.4) is 0 Å². The Balaban J connectivity index is 1.38. The molecule has 2 unspecified atom stereocenters. The number of aromatic nitrogens is 1. The number of hydrogen-bond acceptors (Lipinski definition) is 6. The fourth-order valence-corrected chi connectivity index (χ4v) is 6.91. The smallest absolute Gasteiger partial charge is 0.297 e. The largest absolute Gasteiger partial charge is 0.339 e. The summed E-state index contributed by atoms with van der Waals surface area (Å²) < 4.78 is 46.2. The zero-order chi connectivity index (χ0) is 27.6. The number of carbonyl (C=O) groups excluding carboxylic acids is 1. The van der Waals surface area contributed by atoms with Gasteiger partial charge in [-0.05, 0) is 45.1 Å². The Hall–Kier alpha value is -4.43. The first-order valence-corrected chi connectivity index (χ1v) is 14.1. The van der Waals surface area contributed by atoms with Crippen molar-refractivity contribution in [2.24, 2.45) is 5.92 Å². The van der Waals surface area contributed by atoms with Gasteiger partial charge in [-0.3, -0.25) is 14.7 Å². The number of hydrogen-bond donors (Lipinski definition) is 0. The van der Waals surface area contributed by atoms with E-state index in [4.69, 9.17) is 9.44 Å². The van der Waals surface area contributed by atoms with Gasteiger partial charge < -0.3 is 0 Å². The number of fused-ring (bicyclic) bond motifs is 5. The Morgan fingerprint density at radius 3 is 2.33 bits per heavy atom. The molecule has 2 aliphatic heterocycles. The van der Waals surface area contributed by atoms with Crippen LogP contribution in [0.5, 0.6) is 0 Å². The molecule has 10 heteroatoms. The minimum Gasteiger partial charge on any atom is -0.297 e. The highest BCUT2D eigenvalue weighted by molar-refractivity contribution is 7.84. The predicted octanol–water partition coefficient (Wildman–Crippen LogP) is 4.85. The van der Waals surface area contributed by atoms with E-state index in [1.165, 1.54) is 17.0 Å². The summed E-state index contributed by atoms with van der Waals surface area (Å²) >= 11 is 0. The molecule has 198 valence electrons. The molecule has 5 aromatic rings. The molecular formula is C30H21FN4O4S. The standard InChI is InChI=1S/C30H21FN4O4S/c31-20-10-12-26(33-15-20)28-29(39-40(37,38)34-16-18(14-32)17-34)30(36)35(28)27-13-25-21-6-2-1-5-19(21)9-11-23(25)22-7-3-4-8-24(22)27/h1-13,15,18,28-29H,16-17H2. The van der Waals surface area contributed by atoms with Crippen LogP contribution in [0.25, 0.3) is 32.3 Å². The van der Waals surface area contributed by atoms with Crippen molar-refractivity contribution in [3.8, 4) is 6.07 Å². The number of halogens is 1. The van der Waals surface area contributed by atoms with Gasteiger partial charge in [0.05, 0.1) is 29.6 Å². The van der Waals surface area contributed by atoms with E-state index in [9.17, 15) is 17.6 Å². The summed E-state index contributed by atoms with van der Waals surface area (Å²) in [5, 5.41) is 14.8. The number of rotatable bonds is 5. The third-order valence-corrected chi connectivity index (χ3v) is 9.06. The second kappa shape index (κ2) is 9.06. The maximum Gasteiger partial charge on any atom is 0.339 e. The number of nitriles is 1. The van der Waals surface area contributed by atoms with E-state index >= 15 is 0 Å². The van der Waals surface area contributed by atoms with Gasteiger partial charge in [-0.25, -0.2) is 8.57 Å². The minimum atomic E-state index is -4.29. The molecule has 1 amide bonds. The molecule has 0 aliphatic carbocycles. The Morgan fingerprint density at radius 2 is 1.60 bits per heavy atom. The van der Waals surface area contributed by atoms with E-state index < -0.39 is 40.1 Å². The van der Waals surface area contributed by atoms with Gasteiger partial charge in [0.2, 0.25) is 0 Å². The Morgan fingerprint density at radius 1 is 0.900 bits per heavy atom. The monoisotopic (exact) mass is 552 g/mol. The van der Waals surface area contributed by atoms with Gasteiger partial charge in [0.15, 0.2) is 6.10 Å². The topological polar surface area (TPSA) is 104 Å². The van der Waals surface area contributed by atoms with Crippen LogP contribution in [0.4, 0.5) is 10.1 Å². The molecule has 2 aliphatic rings. The van der Waals surface area contributed by atoms with Gasteiger partial charge in [-0.15, -0.1) is 0 Å². The van der Waals surface area contributed by atoms with Gasteiger partial charge >= 0.3 is 10.3 Å². The number of β-lactam (4-membered cyclic amide) rings is 1. The van der Waals surface area contributed by atoms with E-state index in [0.717, 1.165) is 42.8 Å². The zero-order valence-electron chi connectivity index (χ0n) is 20.9. The maximum atomic E-state index is 13.8. The van der Waals surface area contributed by atoms with Gasteiger partial charge in [-0.2, -0.15) is 18.0 Å². The average Bonchev–Trinajstić information content (AvgIpc) is 2.94. The normalized spacial score (nSPS) is 20.0. The molecule has 3 heterocycles. The Bertz CT molecular complexity index is 1990. The SMILES string of the molecule is N#CC1CN(S(=O)(=O)OC2C(=O)N(c3cc4c5ccccc5ccc4c4ccccc34)C2c2ccc(F)cn2)C1. The van der Waals surface area contributed by atoms with Gasteiger partial charge in [-0.1, -0.05) is 60.7 Å². The summed E-state index contributed by atoms with van der Waals surface area (Å²) in [6, 6.07) is 25.5. The molecule has 4 aromatic carbocycles. The molecule has 0 bridgehead atoms. The first-order valence-electron chi connectivity index (χ1n) is 12.7. The summed E-state index contributed by atoms with van der Waals surface area (Å²) in [6.45, 7) is 0.0105. The van der Waals surface area contributed by atoms with E-state index in [2.05, 4.69) is 17.1 Å². The van der Waals surface area contributed by atoms with Gasteiger partial charge in [0.1, 0.15) is 11.9 Å². The van der Waals surface area contributed by atoms with Crippen LogP contribution in [-0.2, 0) is 19.3 Å². The van der Waals surface area contributed by atoms with Crippen LogP contribution in [0.15, 0.2) is 85.1 Å². The molecule has 40 heavy (non-hydrogen) atoms. The fourth-order valence-electron chi connectivity index (χ4n) is 5.61. The fraction of sp³-hybridized carbons (Fsp3) is 0.167. The summed E-state index contributed by atoms with van der Waals surface area (Å²) in [5.74, 6) is -1.53. The number of anilines is 1. The molecule has 2 atom stereocenters. The molecule has 0 spiro atoms. The average molecular weight is 553 g/mol. The lowest BCUT2D eigenvalue weighted by atomic mass is 9.90. The Kier molecular flexibility index (Phi) is 5.57. The lowest BCUT2D eigenvalue weighted by Crippen LogP contribution is -2.62. The summed E-state index contributed by atoms with van der Waals surface area (Å²) in [7, 11) is -4.29. The molecule has 1 aromatic heterocycles. The Labute approximate surface area is 229 Å². The highest BCUT2D eigenvalue weighted by Gasteiger charge is 2.54. The molecule has 0 radical (unpaired) electrons. The second-order valence-electron chi connectivity index (χ2n) is 9.99. The van der Waals surface area contributed by atoms with Crippen molar-refractivity contribution in [3.05, 3.63) is 96.6 Å². The van der Waals surface area contributed by atoms with Crippen molar-refractivity contribution in [1.82, 2.24) is 9.29 Å². The van der Waals surface area contributed by atoms with E-state index in [1.54, 1.807) is 0 Å². The van der Waals surface area contributed by atoms with E-state index in [-0.39, 0.29) is 13.1 Å². The van der Waals surface area contributed by atoms with Crippen LogP contribution < -0.4 is 4.90 Å². The molecule has 2 fully saturated rings. The number of pyridine rings is 1. The number of nitrogens with zero attached hydrogens (tertiary/aromatic N) is 4. The third kappa shape index (κ3) is 3.74. The lowest BCUT2D eigenvalue weighted by molar-refractivity contribution is -0.135. The molecule has 2 saturated heterocycles. The van der Waals surface area contributed by atoms with Crippen molar-refractivity contribution in [2.45, 2.75) is 12.1 Å². The van der Waals surface area contributed by atoms with E-state index in [1.807, 2.05) is 60.7 Å². The van der Waals surface area contributed by atoms with Crippen LogP contribution in [-0.4, -0.2) is 42.8 Å². The highest BCUT2D eigenvalue weighted by Crippen LogP contribution is 2.46. The number of amides is 1. The van der Waals surface area contributed by atoms with Gasteiger partial charge in [0.25, 0.3) is 5.91 Å². The van der Waals surface area contributed by atoms with Crippen LogP contribution >= 0.6 is 0 Å². The van der Waals surface area contributed by atoms with Crippen LogP contribution in [0.1, 0.15) is 11.7 Å².